The van der Waals surface area contributed by atoms with E-state index in [2.05, 4.69) is 32.9 Å². The lowest BCUT2D eigenvalue weighted by Gasteiger charge is -2.41. The quantitative estimate of drug-likeness (QED) is 0.386. The van der Waals surface area contributed by atoms with Gasteiger partial charge in [-0.2, -0.15) is 5.06 Å². The minimum Gasteiger partial charge on any atom is -0.394 e. The maximum atomic E-state index is 13.2. The molecule has 10 nitrogen and oxygen atoms in total. The highest BCUT2D eigenvalue weighted by Gasteiger charge is 2.54. The summed E-state index contributed by atoms with van der Waals surface area (Å²) in [5, 5.41) is 51.1. The van der Waals surface area contributed by atoms with E-state index in [1.165, 1.54) is 5.56 Å². The number of rotatable bonds is 4. The standard InChI is InChI=1S/C22H32N2O8/c1-10-5-4-6-11(2)16(10)13-7-14-20(29)24(22(30)23(14)8-12(13)3)32-21-19(28)18(27)17(26)15(9-25)31-21/h4-6,12-15,17-19,21-22,25-28,30H,7-9H2,1-3H3. The third-order valence-electron chi connectivity index (χ3n) is 7.05. The summed E-state index contributed by atoms with van der Waals surface area (Å²) in [6.07, 6.45) is -8.47. The van der Waals surface area contributed by atoms with Gasteiger partial charge in [0.1, 0.15) is 24.4 Å². The minimum absolute atomic E-state index is 0.126. The number of aryl methyl sites for hydroxylation is 2. The van der Waals surface area contributed by atoms with Crippen molar-refractivity contribution < 1.29 is 39.9 Å². The summed E-state index contributed by atoms with van der Waals surface area (Å²) < 4.78 is 5.33. The third kappa shape index (κ3) is 3.84. The number of hydrogen-bond donors (Lipinski definition) is 5. The second-order valence-electron chi connectivity index (χ2n) is 9.15. The first-order valence-electron chi connectivity index (χ1n) is 11.0. The Balaban J connectivity index is 1.53. The van der Waals surface area contributed by atoms with Gasteiger partial charge in [-0.25, -0.2) is 9.74 Å². The smallest absolute Gasteiger partial charge is 0.267 e. The Morgan fingerprint density at radius 3 is 2.38 bits per heavy atom. The Morgan fingerprint density at radius 2 is 1.75 bits per heavy atom. The van der Waals surface area contributed by atoms with Gasteiger partial charge in [0.15, 0.2) is 0 Å². The number of nitrogens with zero attached hydrogens (tertiary/aromatic N) is 2. The number of aliphatic hydroxyl groups is 5. The van der Waals surface area contributed by atoms with E-state index in [4.69, 9.17) is 9.57 Å². The number of hydroxylamine groups is 2. The number of piperidine rings is 1. The average Bonchev–Trinajstić information content (AvgIpc) is 2.98. The van der Waals surface area contributed by atoms with Crippen LogP contribution in [-0.4, -0.2) is 97.7 Å². The lowest BCUT2D eigenvalue weighted by molar-refractivity contribution is -0.374. The lowest BCUT2D eigenvalue weighted by Crippen LogP contribution is -2.60. The van der Waals surface area contributed by atoms with Crippen LogP contribution in [-0.2, 0) is 14.4 Å². The van der Waals surface area contributed by atoms with E-state index in [-0.39, 0.29) is 11.8 Å². The van der Waals surface area contributed by atoms with Gasteiger partial charge in [0.05, 0.1) is 12.6 Å². The molecule has 1 aromatic rings. The predicted octanol–water partition coefficient (Wildman–Crippen LogP) is -1.05. The van der Waals surface area contributed by atoms with Crippen LogP contribution in [0, 0.1) is 19.8 Å². The second kappa shape index (κ2) is 8.96. The van der Waals surface area contributed by atoms with Gasteiger partial charge in [0.2, 0.25) is 12.6 Å². The van der Waals surface area contributed by atoms with Crippen molar-refractivity contribution in [2.45, 2.75) is 76.2 Å². The molecule has 1 amide bonds. The highest BCUT2D eigenvalue weighted by molar-refractivity contribution is 5.83. The molecular formula is C22H32N2O8. The molecule has 32 heavy (non-hydrogen) atoms. The molecule has 3 aliphatic heterocycles. The molecule has 3 fully saturated rings. The maximum Gasteiger partial charge on any atom is 0.267 e. The van der Waals surface area contributed by atoms with Crippen LogP contribution < -0.4 is 0 Å². The second-order valence-corrected chi connectivity index (χ2v) is 9.15. The van der Waals surface area contributed by atoms with Crippen molar-refractivity contribution in [1.29, 1.82) is 0 Å². The van der Waals surface area contributed by atoms with Gasteiger partial charge >= 0.3 is 0 Å². The molecular weight excluding hydrogens is 420 g/mol. The molecule has 9 atom stereocenters. The van der Waals surface area contributed by atoms with Crippen molar-refractivity contribution in [1.82, 2.24) is 9.96 Å². The summed E-state index contributed by atoms with van der Waals surface area (Å²) >= 11 is 0. The van der Waals surface area contributed by atoms with Gasteiger partial charge in [-0.3, -0.25) is 4.79 Å². The molecule has 0 spiro atoms. The number of hydrogen-bond acceptors (Lipinski definition) is 9. The summed E-state index contributed by atoms with van der Waals surface area (Å²) in [4.78, 5) is 20.3. The lowest BCUT2D eigenvalue weighted by atomic mass is 9.76. The van der Waals surface area contributed by atoms with Gasteiger partial charge in [0.25, 0.3) is 5.91 Å². The van der Waals surface area contributed by atoms with Crippen molar-refractivity contribution in [3.63, 3.8) is 0 Å². The molecule has 0 bridgehead atoms. The molecule has 9 unspecified atom stereocenters. The van der Waals surface area contributed by atoms with Crippen LogP contribution in [0.2, 0.25) is 0 Å². The molecule has 10 heteroatoms. The Labute approximate surface area is 186 Å². The van der Waals surface area contributed by atoms with Crippen LogP contribution in [0.1, 0.15) is 36.0 Å². The largest absolute Gasteiger partial charge is 0.394 e. The number of ether oxygens (including phenoxy) is 1. The molecule has 0 saturated carbocycles. The molecule has 3 aliphatic rings. The third-order valence-corrected chi connectivity index (χ3v) is 7.05. The summed E-state index contributed by atoms with van der Waals surface area (Å²) in [5.74, 6) is -0.181. The van der Waals surface area contributed by atoms with E-state index in [1.54, 1.807) is 4.90 Å². The summed E-state index contributed by atoms with van der Waals surface area (Å²) in [7, 11) is 0. The fourth-order valence-electron chi connectivity index (χ4n) is 5.28. The zero-order valence-electron chi connectivity index (χ0n) is 18.4. The fraction of sp³-hybridized carbons (Fsp3) is 0.682. The first kappa shape index (κ1) is 23.5. The SMILES string of the molecule is Cc1cccc(C)c1C1CC2C(=O)N(OC3OC(CO)C(O)C(O)C3O)C(O)N2CC1C. The zero-order valence-corrected chi connectivity index (χ0v) is 18.4. The molecule has 178 valence electrons. The Hall–Kier alpha value is -1.63. The minimum atomic E-state index is -1.67. The van der Waals surface area contributed by atoms with Gasteiger partial charge in [-0.1, -0.05) is 25.1 Å². The highest BCUT2D eigenvalue weighted by atomic mass is 16.8. The van der Waals surface area contributed by atoms with Crippen molar-refractivity contribution >= 4 is 5.91 Å². The molecule has 3 saturated heterocycles. The van der Waals surface area contributed by atoms with Crippen molar-refractivity contribution in [3.05, 3.63) is 34.9 Å². The van der Waals surface area contributed by atoms with E-state index in [1.807, 2.05) is 6.07 Å². The topological polar surface area (TPSA) is 143 Å². The Morgan fingerprint density at radius 1 is 1.09 bits per heavy atom. The molecule has 1 aromatic carbocycles. The highest BCUT2D eigenvalue weighted by Crippen LogP contribution is 2.42. The summed E-state index contributed by atoms with van der Waals surface area (Å²) in [6, 6.07) is 5.51. The summed E-state index contributed by atoms with van der Waals surface area (Å²) in [5.41, 5.74) is 3.54. The maximum absolute atomic E-state index is 13.2. The monoisotopic (exact) mass is 452 g/mol. The number of amides is 1. The number of fused-ring (bicyclic) bond motifs is 1. The number of carbonyl (C=O) groups is 1. The molecule has 4 rings (SSSR count). The van der Waals surface area contributed by atoms with Gasteiger partial charge < -0.3 is 30.3 Å². The Bertz CT molecular complexity index is 831. The van der Waals surface area contributed by atoms with Crippen LogP contribution in [0.25, 0.3) is 0 Å². The van der Waals surface area contributed by atoms with Crippen molar-refractivity contribution in [2.75, 3.05) is 13.2 Å². The zero-order chi connectivity index (χ0) is 23.3. The molecule has 5 N–H and O–H groups in total. The van der Waals surface area contributed by atoms with E-state index in [0.29, 0.717) is 13.0 Å². The van der Waals surface area contributed by atoms with Crippen LogP contribution in [0.4, 0.5) is 0 Å². The number of benzene rings is 1. The first-order chi connectivity index (χ1) is 15.1. The van der Waals surface area contributed by atoms with Crippen molar-refractivity contribution in [3.8, 4) is 0 Å². The molecule has 3 heterocycles. The number of aliphatic hydroxyl groups excluding tert-OH is 5. The summed E-state index contributed by atoms with van der Waals surface area (Å²) in [6.45, 7) is 6.04. The molecule has 0 aliphatic carbocycles. The molecule has 0 aromatic heterocycles. The van der Waals surface area contributed by atoms with Crippen LogP contribution in [0.3, 0.4) is 0 Å². The van der Waals surface area contributed by atoms with Crippen LogP contribution >= 0.6 is 0 Å². The molecule has 0 radical (unpaired) electrons. The van der Waals surface area contributed by atoms with Gasteiger partial charge in [-0.05, 0) is 48.8 Å². The fourth-order valence-corrected chi connectivity index (χ4v) is 5.28. The van der Waals surface area contributed by atoms with E-state index in [0.717, 1.165) is 16.2 Å². The first-order valence-corrected chi connectivity index (χ1v) is 11.0. The van der Waals surface area contributed by atoms with Crippen molar-refractivity contribution in [2.24, 2.45) is 5.92 Å². The van der Waals surface area contributed by atoms with Crippen LogP contribution in [0.5, 0.6) is 0 Å². The predicted molar refractivity (Wildman–Crippen MR) is 111 cm³/mol. The Kier molecular flexibility index (Phi) is 6.59. The normalized spacial score (nSPS) is 40.6. The van der Waals surface area contributed by atoms with Crippen LogP contribution in [0.15, 0.2) is 18.2 Å². The van der Waals surface area contributed by atoms with Gasteiger partial charge in [0, 0.05) is 6.54 Å². The van der Waals surface area contributed by atoms with E-state index in [9.17, 15) is 30.3 Å². The average molecular weight is 453 g/mol. The van der Waals surface area contributed by atoms with E-state index >= 15 is 0 Å². The van der Waals surface area contributed by atoms with E-state index < -0.39 is 55.6 Å². The van der Waals surface area contributed by atoms with Gasteiger partial charge in [-0.15, -0.1) is 0 Å². The number of carbonyl (C=O) groups excluding carboxylic acids is 1.